The number of hydrogen-bond donors (Lipinski definition) is 0. The highest BCUT2D eigenvalue weighted by atomic mass is 16.5. The van der Waals surface area contributed by atoms with Crippen molar-refractivity contribution in [3.63, 3.8) is 0 Å². The lowest BCUT2D eigenvalue weighted by Crippen LogP contribution is -2.15. The second-order valence-electron chi connectivity index (χ2n) is 4.31. The topological polar surface area (TPSA) is 29.5 Å². The summed E-state index contributed by atoms with van der Waals surface area (Å²) < 4.78 is 5.19. The molecule has 0 heterocycles. The molecule has 90 valence electrons. The quantitative estimate of drug-likeness (QED) is 0.796. The SMILES string of the molecule is COc1cccc(CN(C)C2=CC(=O)CC2)c1. The Hall–Kier alpha value is -1.77. The second kappa shape index (κ2) is 5.04. The average molecular weight is 231 g/mol. The number of ether oxygens (including phenoxy) is 1. The zero-order valence-corrected chi connectivity index (χ0v) is 10.3. The van der Waals surface area contributed by atoms with Crippen LogP contribution in [0.15, 0.2) is 36.0 Å². The minimum atomic E-state index is 0.234. The van der Waals surface area contributed by atoms with Crippen LogP contribution in [-0.4, -0.2) is 24.8 Å². The van der Waals surface area contributed by atoms with Gasteiger partial charge < -0.3 is 9.64 Å². The molecule has 2 rings (SSSR count). The highest BCUT2D eigenvalue weighted by Crippen LogP contribution is 2.21. The lowest BCUT2D eigenvalue weighted by Gasteiger charge is -2.20. The summed E-state index contributed by atoms with van der Waals surface area (Å²) in [5.74, 6) is 1.10. The number of benzene rings is 1. The van der Waals surface area contributed by atoms with Gasteiger partial charge in [0.1, 0.15) is 5.75 Å². The fourth-order valence-corrected chi connectivity index (χ4v) is 2.03. The van der Waals surface area contributed by atoms with Gasteiger partial charge in [0, 0.05) is 31.8 Å². The van der Waals surface area contributed by atoms with Gasteiger partial charge in [-0.15, -0.1) is 0 Å². The van der Waals surface area contributed by atoms with Gasteiger partial charge in [-0.05, 0) is 24.1 Å². The summed E-state index contributed by atoms with van der Waals surface area (Å²) in [6, 6.07) is 8.00. The summed E-state index contributed by atoms with van der Waals surface area (Å²) in [6.07, 6.45) is 3.26. The minimum absolute atomic E-state index is 0.234. The van der Waals surface area contributed by atoms with E-state index in [1.807, 2.05) is 25.2 Å². The molecule has 1 aliphatic carbocycles. The third-order valence-electron chi connectivity index (χ3n) is 3.00. The number of nitrogens with zero attached hydrogens (tertiary/aromatic N) is 1. The van der Waals surface area contributed by atoms with Gasteiger partial charge >= 0.3 is 0 Å². The van der Waals surface area contributed by atoms with Gasteiger partial charge in [0.2, 0.25) is 0 Å². The maximum atomic E-state index is 11.2. The summed E-state index contributed by atoms with van der Waals surface area (Å²) in [5.41, 5.74) is 2.31. The zero-order valence-electron chi connectivity index (χ0n) is 10.3. The molecule has 0 amide bonds. The van der Waals surface area contributed by atoms with Crippen LogP contribution < -0.4 is 4.74 Å². The summed E-state index contributed by atoms with van der Waals surface area (Å²) >= 11 is 0. The first-order valence-electron chi connectivity index (χ1n) is 5.76. The van der Waals surface area contributed by atoms with Crippen molar-refractivity contribution in [2.75, 3.05) is 14.2 Å². The molecule has 0 N–H and O–H groups in total. The molecule has 0 aromatic heterocycles. The van der Waals surface area contributed by atoms with Crippen LogP contribution in [0.1, 0.15) is 18.4 Å². The third kappa shape index (κ3) is 2.87. The Labute approximate surface area is 102 Å². The van der Waals surface area contributed by atoms with Crippen LogP contribution >= 0.6 is 0 Å². The predicted octanol–water partition coefficient (Wildman–Crippen LogP) is 2.37. The van der Waals surface area contributed by atoms with Crippen LogP contribution in [-0.2, 0) is 11.3 Å². The van der Waals surface area contributed by atoms with Crippen molar-refractivity contribution < 1.29 is 9.53 Å². The minimum Gasteiger partial charge on any atom is -0.497 e. The molecule has 0 atom stereocenters. The number of hydrogen-bond acceptors (Lipinski definition) is 3. The van der Waals surface area contributed by atoms with Crippen molar-refractivity contribution in [2.45, 2.75) is 19.4 Å². The molecule has 0 aliphatic heterocycles. The first-order chi connectivity index (χ1) is 8.19. The van der Waals surface area contributed by atoms with Crippen LogP contribution in [0.5, 0.6) is 5.75 Å². The Morgan fingerprint density at radius 3 is 2.82 bits per heavy atom. The number of rotatable bonds is 4. The van der Waals surface area contributed by atoms with Crippen molar-refractivity contribution in [3.8, 4) is 5.75 Å². The molecule has 0 saturated carbocycles. The van der Waals surface area contributed by atoms with E-state index in [1.54, 1.807) is 13.2 Å². The van der Waals surface area contributed by atoms with Crippen molar-refractivity contribution in [2.24, 2.45) is 0 Å². The third-order valence-corrected chi connectivity index (χ3v) is 3.00. The van der Waals surface area contributed by atoms with Crippen LogP contribution in [0.2, 0.25) is 0 Å². The van der Waals surface area contributed by atoms with Gasteiger partial charge in [0.15, 0.2) is 5.78 Å². The second-order valence-corrected chi connectivity index (χ2v) is 4.31. The molecule has 0 spiro atoms. The number of methoxy groups -OCH3 is 1. The number of allylic oxidation sites excluding steroid dienone is 2. The molecule has 0 radical (unpaired) electrons. The van der Waals surface area contributed by atoms with Gasteiger partial charge in [-0.25, -0.2) is 0 Å². The Morgan fingerprint density at radius 1 is 1.35 bits per heavy atom. The normalized spacial score (nSPS) is 14.7. The van der Waals surface area contributed by atoms with E-state index in [0.717, 1.165) is 24.4 Å². The number of ketones is 1. The van der Waals surface area contributed by atoms with E-state index in [4.69, 9.17) is 4.74 Å². The van der Waals surface area contributed by atoms with Gasteiger partial charge in [-0.2, -0.15) is 0 Å². The molecule has 1 aliphatic rings. The molecule has 1 aromatic rings. The van der Waals surface area contributed by atoms with E-state index in [1.165, 1.54) is 5.56 Å². The standard InChI is InChI=1S/C14H17NO2/c1-15(12-6-7-13(16)9-12)10-11-4-3-5-14(8-11)17-2/h3-5,8-9H,6-7,10H2,1-2H3. The van der Waals surface area contributed by atoms with Gasteiger partial charge in [-0.1, -0.05) is 12.1 Å². The molecule has 17 heavy (non-hydrogen) atoms. The average Bonchev–Trinajstić information content (AvgIpc) is 2.76. The van der Waals surface area contributed by atoms with Crippen molar-refractivity contribution in [3.05, 3.63) is 41.6 Å². The van der Waals surface area contributed by atoms with E-state index in [0.29, 0.717) is 6.42 Å². The first-order valence-corrected chi connectivity index (χ1v) is 5.76. The van der Waals surface area contributed by atoms with Crippen LogP contribution in [0.25, 0.3) is 0 Å². The van der Waals surface area contributed by atoms with E-state index in [9.17, 15) is 4.79 Å². The lowest BCUT2D eigenvalue weighted by atomic mass is 10.2. The van der Waals surface area contributed by atoms with E-state index in [2.05, 4.69) is 11.0 Å². The molecule has 1 aromatic carbocycles. The van der Waals surface area contributed by atoms with Crippen molar-refractivity contribution >= 4 is 5.78 Å². The molecule has 0 fully saturated rings. The summed E-state index contributed by atoms with van der Waals surface area (Å²) in [4.78, 5) is 13.3. The number of carbonyl (C=O) groups is 1. The molecule has 0 bridgehead atoms. The van der Waals surface area contributed by atoms with Gasteiger partial charge in [0.25, 0.3) is 0 Å². The molecule has 0 unspecified atom stereocenters. The Balaban J connectivity index is 2.05. The van der Waals surface area contributed by atoms with Crippen LogP contribution in [0, 0.1) is 0 Å². The van der Waals surface area contributed by atoms with Crippen molar-refractivity contribution in [1.29, 1.82) is 0 Å². The maximum absolute atomic E-state index is 11.2. The van der Waals surface area contributed by atoms with E-state index in [-0.39, 0.29) is 5.78 Å². The zero-order chi connectivity index (χ0) is 12.3. The monoisotopic (exact) mass is 231 g/mol. The first kappa shape index (κ1) is 11.7. The predicted molar refractivity (Wildman–Crippen MR) is 66.8 cm³/mol. The van der Waals surface area contributed by atoms with Crippen LogP contribution in [0.3, 0.4) is 0 Å². The van der Waals surface area contributed by atoms with Gasteiger partial charge in [0.05, 0.1) is 7.11 Å². The smallest absolute Gasteiger partial charge is 0.157 e. The Bertz CT molecular complexity index is 451. The van der Waals surface area contributed by atoms with E-state index < -0.39 is 0 Å². The fourth-order valence-electron chi connectivity index (χ4n) is 2.03. The lowest BCUT2D eigenvalue weighted by molar-refractivity contribution is -0.114. The number of carbonyl (C=O) groups excluding carboxylic acids is 1. The Kier molecular flexibility index (Phi) is 3.47. The molecular formula is C14H17NO2. The molecule has 0 saturated heterocycles. The Morgan fingerprint density at radius 2 is 2.18 bits per heavy atom. The largest absolute Gasteiger partial charge is 0.497 e. The summed E-state index contributed by atoms with van der Waals surface area (Å²) in [6.45, 7) is 0.802. The summed E-state index contributed by atoms with van der Waals surface area (Å²) in [7, 11) is 3.69. The molecule has 3 heteroatoms. The van der Waals surface area contributed by atoms with Gasteiger partial charge in [-0.3, -0.25) is 4.79 Å². The van der Waals surface area contributed by atoms with Crippen molar-refractivity contribution in [1.82, 2.24) is 4.90 Å². The molecule has 3 nitrogen and oxygen atoms in total. The summed E-state index contributed by atoms with van der Waals surface area (Å²) in [5, 5.41) is 0. The molecular weight excluding hydrogens is 214 g/mol. The fraction of sp³-hybridized carbons (Fsp3) is 0.357. The van der Waals surface area contributed by atoms with Crippen LogP contribution in [0.4, 0.5) is 0 Å². The van der Waals surface area contributed by atoms with E-state index >= 15 is 0 Å². The maximum Gasteiger partial charge on any atom is 0.157 e. The highest BCUT2D eigenvalue weighted by molar-refractivity contribution is 5.92. The highest BCUT2D eigenvalue weighted by Gasteiger charge is 2.15.